The Balaban J connectivity index is 2.04. The normalized spacial score (nSPS) is 10.0. The molecule has 0 fully saturated rings. The van der Waals surface area contributed by atoms with E-state index in [9.17, 15) is 0 Å². The number of methoxy groups -OCH3 is 1. The Morgan fingerprint density at radius 1 is 0.941 bits per heavy atom. The lowest BCUT2D eigenvalue weighted by Crippen LogP contribution is -1.97. The van der Waals surface area contributed by atoms with Crippen molar-refractivity contribution < 1.29 is 9.47 Å². The fourth-order valence-electron chi connectivity index (χ4n) is 1.48. The van der Waals surface area contributed by atoms with Crippen molar-refractivity contribution in [2.24, 2.45) is 0 Å². The lowest BCUT2D eigenvalue weighted by atomic mass is 10.2. The molecule has 0 unspecified atom stereocenters. The maximum atomic E-state index is 5.82. The lowest BCUT2D eigenvalue weighted by molar-refractivity contribution is 0.284. The highest BCUT2D eigenvalue weighted by atomic mass is 35.5. The molecule has 2 rings (SSSR count). The third-order valence-corrected chi connectivity index (χ3v) is 2.63. The van der Waals surface area contributed by atoms with Crippen molar-refractivity contribution in [1.29, 1.82) is 0 Å². The van der Waals surface area contributed by atoms with E-state index in [0.29, 0.717) is 6.61 Å². The Bertz CT molecular complexity index is 480. The van der Waals surface area contributed by atoms with Crippen LogP contribution in [0.15, 0.2) is 48.5 Å². The second kappa shape index (κ2) is 5.60. The topological polar surface area (TPSA) is 18.5 Å². The van der Waals surface area contributed by atoms with Crippen LogP contribution in [-0.4, -0.2) is 7.11 Å². The molecule has 0 atom stereocenters. The van der Waals surface area contributed by atoms with Gasteiger partial charge in [0, 0.05) is 5.02 Å². The van der Waals surface area contributed by atoms with Gasteiger partial charge in [0.2, 0.25) is 0 Å². The predicted octanol–water partition coefficient (Wildman–Crippen LogP) is 3.93. The predicted molar refractivity (Wildman–Crippen MR) is 68.8 cm³/mol. The molecule has 2 aromatic carbocycles. The number of benzene rings is 2. The van der Waals surface area contributed by atoms with Crippen LogP contribution in [0.1, 0.15) is 5.56 Å². The summed E-state index contributed by atoms with van der Waals surface area (Å²) in [5.74, 6) is 1.48. The largest absolute Gasteiger partial charge is 0.493 e. The van der Waals surface area contributed by atoms with E-state index >= 15 is 0 Å². The molecule has 3 heteroatoms. The first-order chi connectivity index (χ1) is 8.29. The summed E-state index contributed by atoms with van der Waals surface area (Å²) in [6, 6.07) is 15.2. The molecule has 0 bridgehead atoms. The van der Waals surface area contributed by atoms with Crippen LogP contribution >= 0.6 is 11.6 Å². The number of hydrogen-bond acceptors (Lipinski definition) is 2. The zero-order valence-corrected chi connectivity index (χ0v) is 10.3. The summed E-state index contributed by atoms with van der Waals surface area (Å²) in [4.78, 5) is 0. The Morgan fingerprint density at radius 2 is 1.59 bits per heavy atom. The Morgan fingerprint density at radius 3 is 2.24 bits per heavy atom. The van der Waals surface area contributed by atoms with Crippen molar-refractivity contribution in [3.05, 3.63) is 59.1 Å². The summed E-state index contributed by atoms with van der Waals surface area (Å²) in [6.07, 6.45) is 0. The molecule has 0 aliphatic heterocycles. The van der Waals surface area contributed by atoms with Gasteiger partial charge in [-0.15, -0.1) is 0 Å². The van der Waals surface area contributed by atoms with E-state index in [4.69, 9.17) is 21.1 Å². The zero-order chi connectivity index (χ0) is 12.1. The van der Waals surface area contributed by atoms with Crippen LogP contribution < -0.4 is 9.47 Å². The van der Waals surface area contributed by atoms with Gasteiger partial charge in [-0.25, -0.2) is 0 Å². The molecule has 0 aromatic heterocycles. The zero-order valence-electron chi connectivity index (χ0n) is 9.52. The summed E-state index contributed by atoms with van der Waals surface area (Å²) in [5, 5.41) is 0.728. The molecule has 17 heavy (non-hydrogen) atoms. The van der Waals surface area contributed by atoms with Gasteiger partial charge in [0.25, 0.3) is 0 Å². The highest BCUT2D eigenvalue weighted by Crippen LogP contribution is 2.26. The van der Waals surface area contributed by atoms with Gasteiger partial charge in [-0.1, -0.05) is 35.9 Å². The van der Waals surface area contributed by atoms with Gasteiger partial charge >= 0.3 is 0 Å². The molecule has 0 radical (unpaired) electrons. The van der Waals surface area contributed by atoms with Crippen LogP contribution in [0.2, 0.25) is 5.02 Å². The molecule has 2 aromatic rings. The lowest BCUT2D eigenvalue weighted by Gasteiger charge is -2.10. The van der Waals surface area contributed by atoms with E-state index in [1.165, 1.54) is 0 Å². The molecule has 0 N–H and O–H groups in total. The Labute approximate surface area is 106 Å². The van der Waals surface area contributed by atoms with Gasteiger partial charge in [-0.3, -0.25) is 0 Å². The van der Waals surface area contributed by atoms with Gasteiger partial charge < -0.3 is 9.47 Å². The van der Waals surface area contributed by atoms with Crippen molar-refractivity contribution in [3.63, 3.8) is 0 Å². The first-order valence-electron chi connectivity index (χ1n) is 5.30. The van der Waals surface area contributed by atoms with Crippen LogP contribution in [0, 0.1) is 0 Å². The van der Waals surface area contributed by atoms with Gasteiger partial charge in [0.1, 0.15) is 6.61 Å². The number of halogens is 1. The Kier molecular flexibility index (Phi) is 3.89. The van der Waals surface area contributed by atoms with Crippen molar-refractivity contribution >= 4 is 11.6 Å². The van der Waals surface area contributed by atoms with Crippen LogP contribution in [0.5, 0.6) is 11.5 Å². The molecule has 88 valence electrons. The van der Waals surface area contributed by atoms with Crippen molar-refractivity contribution in [2.45, 2.75) is 6.61 Å². The van der Waals surface area contributed by atoms with E-state index in [2.05, 4.69) is 0 Å². The molecule has 0 amide bonds. The van der Waals surface area contributed by atoms with Crippen LogP contribution in [0.3, 0.4) is 0 Å². The number of para-hydroxylation sites is 2. The molecule has 0 aliphatic rings. The quantitative estimate of drug-likeness (QED) is 0.816. The SMILES string of the molecule is COc1ccccc1OCc1ccc(Cl)cc1. The summed E-state index contributed by atoms with van der Waals surface area (Å²) in [6.45, 7) is 0.498. The standard InChI is InChI=1S/C14H13ClO2/c1-16-13-4-2-3-5-14(13)17-10-11-6-8-12(15)9-7-11/h2-9H,10H2,1H3. The minimum Gasteiger partial charge on any atom is -0.493 e. The van der Waals surface area contributed by atoms with Gasteiger partial charge in [-0.2, -0.15) is 0 Å². The monoisotopic (exact) mass is 248 g/mol. The minimum atomic E-state index is 0.498. The van der Waals surface area contributed by atoms with E-state index in [-0.39, 0.29) is 0 Å². The van der Waals surface area contributed by atoms with Gasteiger partial charge in [0.05, 0.1) is 7.11 Å². The number of ether oxygens (including phenoxy) is 2. The first kappa shape index (κ1) is 11.8. The second-order valence-electron chi connectivity index (χ2n) is 3.57. The summed E-state index contributed by atoms with van der Waals surface area (Å²) in [5.41, 5.74) is 1.07. The maximum Gasteiger partial charge on any atom is 0.161 e. The number of hydrogen-bond donors (Lipinski definition) is 0. The molecule has 2 nitrogen and oxygen atoms in total. The third kappa shape index (κ3) is 3.14. The molecule has 0 heterocycles. The molecular weight excluding hydrogens is 236 g/mol. The van der Waals surface area contributed by atoms with E-state index < -0.39 is 0 Å². The fourth-order valence-corrected chi connectivity index (χ4v) is 1.61. The highest BCUT2D eigenvalue weighted by molar-refractivity contribution is 6.30. The molecule has 0 spiro atoms. The summed E-state index contributed by atoms with van der Waals surface area (Å²) >= 11 is 5.82. The van der Waals surface area contributed by atoms with Gasteiger partial charge in [-0.05, 0) is 29.8 Å². The molecular formula is C14H13ClO2. The van der Waals surface area contributed by atoms with Gasteiger partial charge in [0.15, 0.2) is 11.5 Å². The van der Waals surface area contributed by atoms with Crippen LogP contribution in [-0.2, 0) is 6.61 Å². The van der Waals surface area contributed by atoms with Crippen molar-refractivity contribution in [1.82, 2.24) is 0 Å². The molecule has 0 saturated carbocycles. The average Bonchev–Trinajstić information content (AvgIpc) is 2.38. The Hall–Kier alpha value is -1.67. The van der Waals surface area contributed by atoms with Crippen molar-refractivity contribution in [2.75, 3.05) is 7.11 Å². The fraction of sp³-hybridized carbons (Fsp3) is 0.143. The van der Waals surface area contributed by atoms with Crippen LogP contribution in [0.4, 0.5) is 0 Å². The van der Waals surface area contributed by atoms with E-state index in [1.54, 1.807) is 7.11 Å². The van der Waals surface area contributed by atoms with Crippen LogP contribution in [0.25, 0.3) is 0 Å². The first-order valence-corrected chi connectivity index (χ1v) is 5.67. The number of rotatable bonds is 4. The third-order valence-electron chi connectivity index (χ3n) is 2.38. The van der Waals surface area contributed by atoms with E-state index in [0.717, 1.165) is 22.1 Å². The van der Waals surface area contributed by atoms with Crippen molar-refractivity contribution in [3.8, 4) is 11.5 Å². The summed E-state index contributed by atoms with van der Waals surface area (Å²) in [7, 11) is 1.63. The maximum absolute atomic E-state index is 5.82. The highest BCUT2D eigenvalue weighted by Gasteiger charge is 2.02. The molecule has 0 saturated heterocycles. The van der Waals surface area contributed by atoms with E-state index in [1.807, 2.05) is 48.5 Å². The summed E-state index contributed by atoms with van der Waals surface area (Å²) < 4.78 is 10.9. The second-order valence-corrected chi connectivity index (χ2v) is 4.00. The molecule has 0 aliphatic carbocycles. The minimum absolute atomic E-state index is 0.498. The average molecular weight is 249 g/mol. The smallest absolute Gasteiger partial charge is 0.161 e.